The molecule has 7 heteroatoms. The second-order valence-corrected chi connectivity index (χ2v) is 3.11. The predicted molar refractivity (Wildman–Crippen MR) is 56.9 cm³/mol. The topological polar surface area (TPSA) is 59.6 Å². The van der Waals surface area contributed by atoms with E-state index in [9.17, 15) is 13.2 Å². The first-order valence-electron chi connectivity index (χ1n) is 4.75. The number of hydrogen-bond donors (Lipinski definition) is 2. The predicted octanol–water partition coefficient (Wildman–Crippen LogP) is 0.960. The van der Waals surface area contributed by atoms with Crippen molar-refractivity contribution in [3.8, 4) is 0 Å². The second-order valence-electron chi connectivity index (χ2n) is 3.11. The Kier molecular flexibility index (Phi) is 4.92. The molecular formula is C10H12F3N3O. The highest BCUT2D eigenvalue weighted by atomic mass is 19.1. The molecule has 0 aliphatic heterocycles. The number of rotatable bonds is 4. The summed E-state index contributed by atoms with van der Waals surface area (Å²) in [6.07, 6.45) is 0. The van der Waals surface area contributed by atoms with Crippen LogP contribution in [0.5, 0.6) is 0 Å². The van der Waals surface area contributed by atoms with Gasteiger partial charge in [0.15, 0.2) is 0 Å². The van der Waals surface area contributed by atoms with Crippen molar-refractivity contribution in [2.45, 2.75) is 0 Å². The summed E-state index contributed by atoms with van der Waals surface area (Å²) in [7, 11) is 1.46. The smallest absolute Gasteiger partial charge is 0.148 e. The van der Waals surface area contributed by atoms with Crippen molar-refractivity contribution in [3.63, 3.8) is 0 Å². The molecule has 0 atom stereocenters. The van der Waals surface area contributed by atoms with Gasteiger partial charge in [0.05, 0.1) is 18.7 Å². The van der Waals surface area contributed by atoms with Crippen LogP contribution in [-0.4, -0.2) is 26.1 Å². The van der Waals surface area contributed by atoms with Gasteiger partial charge in [0, 0.05) is 19.2 Å². The Morgan fingerprint density at radius 3 is 2.41 bits per heavy atom. The first kappa shape index (κ1) is 13.5. The summed E-state index contributed by atoms with van der Waals surface area (Å²) in [5.74, 6) is 1.77. The van der Waals surface area contributed by atoms with E-state index in [1.165, 1.54) is 7.11 Å². The summed E-state index contributed by atoms with van der Waals surface area (Å²) in [6, 6.07) is 1.11. The fraction of sp³-hybridized carbons (Fsp3) is 0.300. The lowest BCUT2D eigenvalue weighted by molar-refractivity contribution is 0.208. The van der Waals surface area contributed by atoms with Crippen molar-refractivity contribution in [1.82, 2.24) is 5.43 Å². The maximum absolute atomic E-state index is 13.4. The van der Waals surface area contributed by atoms with Crippen LogP contribution in [0.4, 0.5) is 13.2 Å². The number of methoxy groups -OCH3 is 1. The Balaban J connectivity index is 3.07. The van der Waals surface area contributed by atoms with Gasteiger partial charge in [0.25, 0.3) is 0 Å². The number of hydrogen-bond acceptors (Lipinski definition) is 3. The zero-order chi connectivity index (χ0) is 12.8. The number of amidine groups is 1. The Bertz CT molecular complexity index is 400. The van der Waals surface area contributed by atoms with E-state index in [-0.39, 0.29) is 19.0 Å². The monoisotopic (exact) mass is 247 g/mol. The van der Waals surface area contributed by atoms with Gasteiger partial charge in [-0.15, -0.1) is 0 Å². The number of halogens is 3. The van der Waals surface area contributed by atoms with Gasteiger partial charge < -0.3 is 10.2 Å². The second kappa shape index (κ2) is 6.21. The number of hydrazine groups is 1. The van der Waals surface area contributed by atoms with Crippen LogP contribution < -0.4 is 11.3 Å². The van der Waals surface area contributed by atoms with E-state index in [1.54, 1.807) is 0 Å². The molecule has 0 aromatic heterocycles. The molecule has 17 heavy (non-hydrogen) atoms. The first-order valence-corrected chi connectivity index (χ1v) is 4.75. The molecule has 1 aromatic carbocycles. The van der Waals surface area contributed by atoms with Gasteiger partial charge in [-0.05, 0) is 0 Å². The van der Waals surface area contributed by atoms with Gasteiger partial charge in [-0.2, -0.15) is 0 Å². The van der Waals surface area contributed by atoms with Gasteiger partial charge in [-0.25, -0.2) is 19.0 Å². The molecule has 0 bridgehead atoms. The summed E-state index contributed by atoms with van der Waals surface area (Å²) < 4.78 is 44.2. The molecule has 0 spiro atoms. The van der Waals surface area contributed by atoms with Gasteiger partial charge in [-0.1, -0.05) is 0 Å². The lowest BCUT2D eigenvalue weighted by atomic mass is 10.1. The largest absolute Gasteiger partial charge is 0.383 e. The third-order valence-electron chi connectivity index (χ3n) is 1.95. The lowest BCUT2D eigenvalue weighted by Crippen LogP contribution is -2.33. The molecule has 0 heterocycles. The Hall–Kier alpha value is -1.60. The number of nitrogens with zero attached hydrogens (tertiary/aromatic N) is 1. The standard InChI is InChI=1S/C10H12F3N3O/c1-17-3-2-15-10(16-14)9-7(12)4-6(11)5-8(9)13/h4-5H,2-3,14H2,1H3,(H,15,16). The van der Waals surface area contributed by atoms with Crippen LogP contribution in [0.15, 0.2) is 17.1 Å². The van der Waals surface area contributed by atoms with Crippen LogP contribution in [-0.2, 0) is 4.74 Å². The van der Waals surface area contributed by atoms with Crippen LogP contribution in [0.2, 0.25) is 0 Å². The molecule has 1 rings (SSSR count). The third-order valence-corrected chi connectivity index (χ3v) is 1.95. The minimum absolute atomic E-state index is 0.173. The van der Waals surface area contributed by atoms with Gasteiger partial charge >= 0.3 is 0 Å². The maximum Gasteiger partial charge on any atom is 0.148 e. The van der Waals surface area contributed by atoms with E-state index in [4.69, 9.17) is 10.6 Å². The van der Waals surface area contributed by atoms with E-state index >= 15 is 0 Å². The fourth-order valence-corrected chi connectivity index (χ4v) is 1.21. The molecule has 0 aliphatic carbocycles. The highest BCUT2D eigenvalue weighted by Crippen LogP contribution is 2.14. The molecule has 0 unspecified atom stereocenters. The molecule has 94 valence electrons. The van der Waals surface area contributed by atoms with Crippen molar-refractivity contribution < 1.29 is 17.9 Å². The van der Waals surface area contributed by atoms with Crippen LogP contribution in [0.1, 0.15) is 5.56 Å². The quantitative estimate of drug-likeness (QED) is 0.274. The molecule has 0 aliphatic rings. The summed E-state index contributed by atoms with van der Waals surface area (Å²) in [6.45, 7) is 0.446. The van der Waals surface area contributed by atoms with E-state index in [2.05, 4.69) is 10.4 Å². The van der Waals surface area contributed by atoms with Crippen LogP contribution >= 0.6 is 0 Å². The number of nitrogens with two attached hydrogens (primary N) is 1. The average Bonchev–Trinajstić information content (AvgIpc) is 2.25. The summed E-state index contributed by atoms with van der Waals surface area (Å²) in [5, 5.41) is 0. The van der Waals surface area contributed by atoms with Crippen molar-refractivity contribution in [2.24, 2.45) is 10.8 Å². The van der Waals surface area contributed by atoms with Gasteiger partial charge in [0.2, 0.25) is 0 Å². The molecule has 0 amide bonds. The van der Waals surface area contributed by atoms with Crippen molar-refractivity contribution in [3.05, 3.63) is 35.1 Å². The Morgan fingerprint density at radius 2 is 1.94 bits per heavy atom. The summed E-state index contributed by atoms with van der Waals surface area (Å²) >= 11 is 0. The Morgan fingerprint density at radius 1 is 1.35 bits per heavy atom. The van der Waals surface area contributed by atoms with Crippen molar-refractivity contribution >= 4 is 5.84 Å². The summed E-state index contributed by atoms with van der Waals surface area (Å²) in [4.78, 5) is 3.81. The first-order chi connectivity index (χ1) is 8.10. The van der Waals surface area contributed by atoms with E-state index in [0.29, 0.717) is 12.1 Å². The molecule has 0 saturated carbocycles. The molecule has 1 aromatic rings. The minimum Gasteiger partial charge on any atom is -0.383 e. The maximum atomic E-state index is 13.4. The Labute approximate surface area is 96.3 Å². The average molecular weight is 247 g/mol. The summed E-state index contributed by atoms with van der Waals surface area (Å²) in [5.41, 5.74) is 1.57. The van der Waals surface area contributed by atoms with E-state index in [0.717, 1.165) is 0 Å². The third kappa shape index (κ3) is 3.43. The zero-order valence-corrected chi connectivity index (χ0v) is 9.14. The number of benzene rings is 1. The normalized spacial score (nSPS) is 11.7. The highest BCUT2D eigenvalue weighted by Gasteiger charge is 2.16. The molecule has 0 fully saturated rings. The number of ether oxygens (including phenoxy) is 1. The molecule has 0 radical (unpaired) electrons. The molecule has 0 saturated heterocycles. The van der Waals surface area contributed by atoms with Crippen molar-refractivity contribution in [1.29, 1.82) is 0 Å². The zero-order valence-electron chi connectivity index (χ0n) is 9.14. The number of nitrogens with one attached hydrogen (secondary N) is 1. The SMILES string of the molecule is COCCN=C(NN)c1c(F)cc(F)cc1F. The fourth-order valence-electron chi connectivity index (χ4n) is 1.21. The van der Waals surface area contributed by atoms with Crippen LogP contribution in [0.25, 0.3) is 0 Å². The van der Waals surface area contributed by atoms with Gasteiger partial charge in [0.1, 0.15) is 23.3 Å². The lowest BCUT2D eigenvalue weighted by Gasteiger charge is -2.08. The van der Waals surface area contributed by atoms with E-state index in [1.807, 2.05) is 0 Å². The molecule has 4 nitrogen and oxygen atoms in total. The minimum atomic E-state index is -1.07. The van der Waals surface area contributed by atoms with Crippen LogP contribution in [0.3, 0.4) is 0 Å². The van der Waals surface area contributed by atoms with Crippen molar-refractivity contribution in [2.75, 3.05) is 20.3 Å². The van der Waals surface area contributed by atoms with E-state index < -0.39 is 23.0 Å². The highest BCUT2D eigenvalue weighted by molar-refractivity contribution is 5.98. The van der Waals surface area contributed by atoms with Crippen LogP contribution in [0, 0.1) is 17.5 Å². The van der Waals surface area contributed by atoms with Gasteiger partial charge in [-0.3, -0.25) is 4.99 Å². The number of aliphatic imine (C=N–C) groups is 1. The molecular weight excluding hydrogens is 235 g/mol. The molecule has 3 N–H and O–H groups in total.